The summed E-state index contributed by atoms with van der Waals surface area (Å²) in [4.78, 5) is 11.3. The van der Waals surface area contributed by atoms with E-state index in [0.717, 1.165) is 28.1 Å². The van der Waals surface area contributed by atoms with Gasteiger partial charge < -0.3 is 10.1 Å². The summed E-state index contributed by atoms with van der Waals surface area (Å²) in [5, 5.41) is 2.85. The van der Waals surface area contributed by atoms with Crippen LogP contribution in [0.15, 0.2) is 42.5 Å². The number of rotatable bonds is 4. The summed E-state index contributed by atoms with van der Waals surface area (Å²) in [5.74, 6) is 0.646. The molecule has 0 aliphatic rings. The van der Waals surface area contributed by atoms with Gasteiger partial charge in [-0.2, -0.15) is 0 Å². The molecule has 0 atom stereocenters. The topological polar surface area (TPSA) is 38.3 Å². The maximum atomic E-state index is 11.3. The molecule has 20 heavy (non-hydrogen) atoms. The third-order valence-corrected chi connectivity index (χ3v) is 3.09. The molecule has 3 heteroatoms. The first-order chi connectivity index (χ1) is 9.58. The largest absolute Gasteiger partial charge is 0.486 e. The van der Waals surface area contributed by atoms with Crippen LogP contribution in [-0.2, 0) is 11.4 Å². The Morgan fingerprint density at radius 3 is 2.35 bits per heavy atom. The predicted molar refractivity (Wildman–Crippen MR) is 81.0 cm³/mol. The molecule has 1 N–H and O–H groups in total. The van der Waals surface area contributed by atoms with Crippen molar-refractivity contribution in [2.75, 3.05) is 5.32 Å². The molecule has 0 radical (unpaired) electrons. The number of benzene rings is 2. The van der Waals surface area contributed by atoms with Crippen molar-refractivity contribution < 1.29 is 9.53 Å². The maximum Gasteiger partial charge on any atom is 0.221 e. The van der Waals surface area contributed by atoms with Crippen LogP contribution >= 0.6 is 0 Å². The molecule has 0 spiro atoms. The molecule has 0 aliphatic heterocycles. The number of ether oxygens (including phenoxy) is 1. The van der Waals surface area contributed by atoms with Crippen LogP contribution in [0.2, 0.25) is 0 Å². The fraction of sp³-hybridized carbons (Fsp3) is 0.235. The lowest BCUT2D eigenvalue weighted by Gasteiger charge is -2.16. The first kappa shape index (κ1) is 14.1. The van der Waals surface area contributed by atoms with Crippen molar-refractivity contribution in [2.45, 2.75) is 27.4 Å². The Morgan fingerprint density at radius 2 is 1.70 bits per heavy atom. The lowest BCUT2D eigenvalue weighted by atomic mass is 10.1. The second kappa shape index (κ2) is 6.24. The van der Waals surface area contributed by atoms with Gasteiger partial charge in [0.25, 0.3) is 0 Å². The number of aryl methyl sites for hydroxylation is 2. The highest BCUT2D eigenvalue weighted by Gasteiger charge is 2.11. The number of nitrogens with one attached hydrogen (secondary N) is 1. The number of hydrogen-bond donors (Lipinski definition) is 1. The summed E-state index contributed by atoms with van der Waals surface area (Å²) in [6, 6.07) is 14.0. The fourth-order valence-electron chi connectivity index (χ4n) is 2.03. The molecule has 0 saturated heterocycles. The van der Waals surface area contributed by atoms with E-state index in [0.29, 0.717) is 6.61 Å². The van der Waals surface area contributed by atoms with Crippen molar-refractivity contribution in [1.29, 1.82) is 0 Å². The van der Waals surface area contributed by atoms with Crippen molar-refractivity contribution in [1.82, 2.24) is 0 Å². The summed E-state index contributed by atoms with van der Waals surface area (Å²) in [6.07, 6.45) is 0. The molecule has 2 aromatic rings. The van der Waals surface area contributed by atoms with Gasteiger partial charge in [0.2, 0.25) is 5.91 Å². The summed E-state index contributed by atoms with van der Waals surface area (Å²) in [5.41, 5.74) is 3.86. The van der Waals surface area contributed by atoms with E-state index in [-0.39, 0.29) is 5.91 Å². The van der Waals surface area contributed by atoms with E-state index < -0.39 is 0 Å². The van der Waals surface area contributed by atoms with Crippen LogP contribution in [0, 0.1) is 13.8 Å². The molecule has 1 amide bonds. The lowest BCUT2D eigenvalue weighted by molar-refractivity contribution is -0.114. The van der Waals surface area contributed by atoms with Gasteiger partial charge in [-0.05, 0) is 30.5 Å². The number of carbonyl (C=O) groups is 1. The van der Waals surface area contributed by atoms with Crippen LogP contribution in [0.3, 0.4) is 0 Å². The van der Waals surface area contributed by atoms with Crippen LogP contribution in [0.1, 0.15) is 23.6 Å². The molecule has 0 heterocycles. The molecule has 0 aliphatic carbocycles. The third kappa shape index (κ3) is 3.38. The van der Waals surface area contributed by atoms with Crippen molar-refractivity contribution in [2.24, 2.45) is 0 Å². The Hall–Kier alpha value is -2.29. The maximum absolute atomic E-state index is 11.3. The summed E-state index contributed by atoms with van der Waals surface area (Å²) in [7, 11) is 0. The van der Waals surface area contributed by atoms with Gasteiger partial charge in [-0.15, -0.1) is 0 Å². The average molecular weight is 269 g/mol. The van der Waals surface area contributed by atoms with E-state index in [2.05, 4.69) is 5.32 Å². The zero-order chi connectivity index (χ0) is 14.5. The number of hydrogen-bond acceptors (Lipinski definition) is 2. The highest BCUT2D eigenvalue weighted by molar-refractivity contribution is 5.91. The third-order valence-electron chi connectivity index (χ3n) is 3.09. The van der Waals surface area contributed by atoms with Crippen LogP contribution in [0.5, 0.6) is 5.75 Å². The van der Waals surface area contributed by atoms with Crippen molar-refractivity contribution >= 4 is 11.6 Å². The Kier molecular flexibility index (Phi) is 4.41. The van der Waals surface area contributed by atoms with E-state index >= 15 is 0 Å². The van der Waals surface area contributed by atoms with E-state index in [1.165, 1.54) is 6.92 Å². The second-order valence-corrected chi connectivity index (χ2v) is 4.86. The second-order valence-electron chi connectivity index (χ2n) is 4.86. The van der Waals surface area contributed by atoms with E-state index in [1.807, 2.05) is 56.3 Å². The average Bonchev–Trinajstić information content (AvgIpc) is 2.43. The van der Waals surface area contributed by atoms with Gasteiger partial charge in [0, 0.05) is 6.92 Å². The molecule has 2 rings (SSSR count). The van der Waals surface area contributed by atoms with Crippen LogP contribution in [-0.4, -0.2) is 5.91 Å². The Morgan fingerprint density at radius 1 is 1.05 bits per heavy atom. The summed E-state index contributed by atoms with van der Waals surface area (Å²) >= 11 is 0. The van der Waals surface area contributed by atoms with Crippen molar-refractivity contribution in [3.63, 3.8) is 0 Å². The first-order valence-electron chi connectivity index (χ1n) is 6.62. The molecule has 0 bridgehead atoms. The first-order valence-corrected chi connectivity index (χ1v) is 6.62. The van der Waals surface area contributed by atoms with Gasteiger partial charge in [-0.1, -0.05) is 42.5 Å². The van der Waals surface area contributed by atoms with E-state index in [1.54, 1.807) is 0 Å². The van der Waals surface area contributed by atoms with Crippen LogP contribution in [0.25, 0.3) is 0 Å². The Labute approximate surface area is 119 Å². The molecule has 0 fully saturated rings. The van der Waals surface area contributed by atoms with Gasteiger partial charge in [0.05, 0.1) is 5.69 Å². The van der Waals surface area contributed by atoms with Gasteiger partial charge in [0.1, 0.15) is 12.4 Å². The van der Waals surface area contributed by atoms with Crippen molar-refractivity contribution in [3.8, 4) is 5.75 Å². The monoisotopic (exact) mass is 269 g/mol. The number of anilines is 1. The SMILES string of the molecule is CC(=O)Nc1c(C)ccc(C)c1OCc1ccccc1. The van der Waals surface area contributed by atoms with Crippen LogP contribution < -0.4 is 10.1 Å². The molecule has 0 saturated carbocycles. The molecular weight excluding hydrogens is 250 g/mol. The normalized spacial score (nSPS) is 10.2. The zero-order valence-corrected chi connectivity index (χ0v) is 12.1. The number of amides is 1. The Bertz CT molecular complexity index is 606. The smallest absolute Gasteiger partial charge is 0.221 e. The lowest BCUT2D eigenvalue weighted by Crippen LogP contribution is -2.10. The molecule has 0 aromatic heterocycles. The van der Waals surface area contributed by atoms with Crippen LogP contribution in [0.4, 0.5) is 5.69 Å². The predicted octanol–water partition coefficient (Wildman–Crippen LogP) is 3.84. The minimum atomic E-state index is -0.0942. The molecule has 2 aromatic carbocycles. The minimum Gasteiger partial charge on any atom is -0.486 e. The quantitative estimate of drug-likeness (QED) is 0.915. The highest BCUT2D eigenvalue weighted by atomic mass is 16.5. The van der Waals surface area contributed by atoms with E-state index in [4.69, 9.17) is 4.74 Å². The standard InChI is InChI=1S/C17H19NO2/c1-12-9-10-13(2)17(16(12)18-14(3)19)20-11-15-7-5-4-6-8-15/h4-10H,11H2,1-3H3,(H,18,19). The van der Waals surface area contributed by atoms with Gasteiger partial charge in [0.15, 0.2) is 0 Å². The number of carbonyl (C=O) groups excluding carboxylic acids is 1. The molecule has 0 unspecified atom stereocenters. The highest BCUT2D eigenvalue weighted by Crippen LogP contribution is 2.32. The molecule has 3 nitrogen and oxygen atoms in total. The zero-order valence-electron chi connectivity index (χ0n) is 12.1. The van der Waals surface area contributed by atoms with Gasteiger partial charge in [-0.3, -0.25) is 4.79 Å². The Balaban J connectivity index is 2.25. The molecule has 104 valence electrons. The molecular formula is C17H19NO2. The summed E-state index contributed by atoms with van der Waals surface area (Å²) < 4.78 is 5.92. The minimum absolute atomic E-state index is 0.0942. The van der Waals surface area contributed by atoms with Gasteiger partial charge in [-0.25, -0.2) is 0 Å². The van der Waals surface area contributed by atoms with Gasteiger partial charge >= 0.3 is 0 Å². The summed E-state index contributed by atoms with van der Waals surface area (Å²) in [6.45, 7) is 5.92. The van der Waals surface area contributed by atoms with Crippen molar-refractivity contribution in [3.05, 3.63) is 59.2 Å². The fourth-order valence-corrected chi connectivity index (χ4v) is 2.03. The van der Waals surface area contributed by atoms with E-state index in [9.17, 15) is 4.79 Å².